The fraction of sp³-hybridized carbons (Fsp3) is 0.455. The summed E-state index contributed by atoms with van der Waals surface area (Å²) in [4.78, 5) is 19.5. The van der Waals surface area contributed by atoms with Gasteiger partial charge >= 0.3 is 0 Å². The van der Waals surface area contributed by atoms with E-state index < -0.39 is 0 Å². The largest absolute Gasteiger partial charge is 0.379 e. The first kappa shape index (κ1) is 18.1. The fourth-order valence-corrected chi connectivity index (χ4v) is 4.08. The molecule has 1 aliphatic heterocycles. The highest BCUT2D eigenvalue weighted by Crippen LogP contribution is 2.24. The van der Waals surface area contributed by atoms with E-state index in [-0.39, 0.29) is 11.9 Å². The molecular formula is C22H27N3O2. The van der Waals surface area contributed by atoms with Gasteiger partial charge in [-0.3, -0.25) is 14.7 Å². The number of fused-ring (bicyclic) bond motifs is 1. The maximum atomic E-state index is 13.1. The van der Waals surface area contributed by atoms with Gasteiger partial charge in [0, 0.05) is 32.0 Å². The molecule has 1 fully saturated rings. The second-order valence-corrected chi connectivity index (χ2v) is 7.37. The molecule has 142 valence electrons. The number of aromatic nitrogens is 1. The molecule has 0 spiro atoms. The number of carbonyl (C=O) groups is 1. The van der Waals surface area contributed by atoms with E-state index in [1.165, 1.54) is 36.0 Å². The summed E-state index contributed by atoms with van der Waals surface area (Å²) in [7, 11) is 0. The lowest BCUT2D eigenvalue weighted by Crippen LogP contribution is -2.45. The van der Waals surface area contributed by atoms with Gasteiger partial charge in [-0.2, -0.15) is 0 Å². The molecule has 0 bridgehead atoms. The normalized spacial score (nSPS) is 18.5. The average Bonchev–Trinajstić information content (AvgIpc) is 2.74. The lowest BCUT2D eigenvalue weighted by atomic mass is 9.90. The Balaban J connectivity index is 1.46. The average molecular weight is 365 g/mol. The van der Waals surface area contributed by atoms with Crippen molar-refractivity contribution in [3.63, 3.8) is 0 Å². The molecule has 1 saturated heterocycles. The van der Waals surface area contributed by atoms with Crippen molar-refractivity contribution in [1.82, 2.24) is 15.2 Å². The molecule has 5 nitrogen and oxygen atoms in total. The molecule has 2 heterocycles. The molecule has 2 aliphatic rings. The number of aryl methyl sites for hydroxylation is 2. The zero-order chi connectivity index (χ0) is 18.5. The zero-order valence-electron chi connectivity index (χ0n) is 15.7. The number of pyridine rings is 1. The molecule has 1 aliphatic carbocycles. The van der Waals surface area contributed by atoms with Crippen LogP contribution in [0.3, 0.4) is 0 Å². The Kier molecular flexibility index (Phi) is 5.80. The van der Waals surface area contributed by atoms with Crippen LogP contribution in [-0.4, -0.2) is 42.1 Å². The highest BCUT2D eigenvalue weighted by molar-refractivity contribution is 5.83. The van der Waals surface area contributed by atoms with Crippen LogP contribution in [0.5, 0.6) is 0 Å². The molecule has 1 aromatic carbocycles. The molecule has 1 amide bonds. The maximum absolute atomic E-state index is 13.1. The quantitative estimate of drug-likeness (QED) is 0.885. The third-order valence-electron chi connectivity index (χ3n) is 5.54. The van der Waals surface area contributed by atoms with Crippen molar-refractivity contribution in [2.24, 2.45) is 0 Å². The second kappa shape index (κ2) is 8.63. The summed E-state index contributed by atoms with van der Waals surface area (Å²) in [5, 5.41) is 3.15. The van der Waals surface area contributed by atoms with Crippen LogP contribution in [0, 0.1) is 0 Å². The first-order valence-electron chi connectivity index (χ1n) is 9.91. The summed E-state index contributed by atoms with van der Waals surface area (Å²) in [5.41, 5.74) is 5.03. The Labute approximate surface area is 160 Å². The standard InChI is InChI=1S/C22H27N3O2/c26-22(24-15-17-7-8-18-4-1-2-5-19(18)14-17)21(20-6-3-9-23-16-20)25-10-12-27-13-11-25/h3,6-9,14,16,21H,1-2,4-5,10-13,15H2,(H,24,26). The minimum Gasteiger partial charge on any atom is -0.379 e. The van der Waals surface area contributed by atoms with Crippen molar-refractivity contribution in [2.75, 3.05) is 26.3 Å². The van der Waals surface area contributed by atoms with Crippen LogP contribution in [0.4, 0.5) is 0 Å². The van der Waals surface area contributed by atoms with Crippen molar-refractivity contribution in [2.45, 2.75) is 38.3 Å². The predicted molar refractivity (Wildman–Crippen MR) is 104 cm³/mol. The zero-order valence-corrected chi connectivity index (χ0v) is 15.7. The minimum atomic E-state index is -0.319. The van der Waals surface area contributed by atoms with Gasteiger partial charge in [-0.25, -0.2) is 0 Å². The molecule has 1 unspecified atom stereocenters. The van der Waals surface area contributed by atoms with Gasteiger partial charge in [-0.1, -0.05) is 24.3 Å². The Morgan fingerprint density at radius 3 is 2.74 bits per heavy atom. The van der Waals surface area contributed by atoms with Crippen LogP contribution in [0.25, 0.3) is 0 Å². The summed E-state index contributed by atoms with van der Waals surface area (Å²) in [6, 6.07) is 10.2. The monoisotopic (exact) mass is 365 g/mol. The molecular weight excluding hydrogens is 338 g/mol. The van der Waals surface area contributed by atoms with Gasteiger partial charge in [0.1, 0.15) is 6.04 Å². The lowest BCUT2D eigenvalue weighted by Gasteiger charge is -2.33. The SMILES string of the molecule is O=C(NCc1ccc2c(c1)CCCC2)C(c1cccnc1)N1CCOCC1. The highest BCUT2D eigenvalue weighted by atomic mass is 16.5. The molecule has 27 heavy (non-hydrogen) atoms. The van der Waals surface area contributed by atoms with Gasteiger partial charge in [0.25, 0.3) is 0 Å². The van der Waals surface area contributed by atoms with E-state index in [9.17, 15) is 4.79 Å². The van der Waals surface area contributed by atoms with E-state index in [1.54, 1.807) is 12.4 Å². The number of ether oxygens (including phenoxy) is 1. The summed E-state index contributed by atoms with van der Waals surface area (Å²) in [6.07, 6.45) is 8.42. The number of amides is 1. The Morgan fingerprint density at radius 2 is 1.96 bits per heavy atom. The number of benzene rings is 1. The van der Waals surface area contributed by atoms with Crippen LogP contribution < -0.4 is 5.32 Å². The van der Waals surface area contributed by atoms with Gasteiger partial charge in [0.2, 0.25) is 5.91 Å². The Morgan fingerprint density at radius 1 is 1.15 bits per heavy atom. The molecule has 1 N–H and O–H groups in total. The predicted octanol–water partition coefficient (Wildman–Crippen LogP) is 2.65. The van der Waals surface area contributed by atoms with Crippen molar-refractivity contribution in [1.29, 1.82) is 0 Å². The molecule has 1 aromatic heterocycles. The number of morpholine rings is 1. The molecule has 5 heteroatoms. The molecule has 0 radical (unpaired) electrons. The fourth-order valence-electron chi connectivity index (χ4n) is 4.08. The molecule has 1 atom stereocenters. The summed E-state index contributed by atoms with van der Waals surface area (Å²) in [6.45, 7) is 3.40. The van der Waals surface area contributed by atoms with Crippen LogP contribution in [0.2, 0.25) is 0 Å². The number of nitrogens with zero attached hydrogens (tertiary/aromatic N) is 2. The van der Waals surface area contributed by atoms with Crippen molar-refractivity contribution < 1.29 is 9.53 Å². The van der Waals surface area contributed by atoms with Gasteiger partial charge in [-0.15, -0.1) is 0 Å². The minimum absolute atomic E-state index is 0.0302. The van der Waals surface area contributed by atoms with Gasteiger partial charge < -0.3 is 10.1 Å². The van der Waals surface area contributed by atoms with Crippen molar-refractivity contribution >= 4 is 5.91 Å². The number of rotatable bonds is 5. The summed E-state index contributed by atoms with van der Waals surface area (Å²) >= 11 is 0. The number of nitrogens with one attached hydrogen (secondary N) is 1. The van der Waals surface area contributed by atoms with Crippen LogP contribution in [-0.2, 0) is 28.9 Å². The van der Waals surface area contributed by atoms with Crippen LogP contribution in [0.15, 0.2) is 42.7 Å². The van der Waals surface area contributed by atoms with E-state index >= 15 is 0 Å². The van der Waals surface area contributed by atoms with Crippen LogP contribution in [0.1, 0.15) is 41.1 Å². The van der Waals surface area contributed by atoms with Gasteiger partial charge in [0.05, 0.1) is 13.2 Å². The van der Waals surface area contributed by atoms with E-state index in [2.05, 4.69) is 33.4 Å². The summed E-state index contributed by atoms with van der Waals surface area (Å²) < 4.78 is 5.46. The second-order valence-electron chi connectivity index (χ2n) is 7.37. The smallest absolute Gasteiger partial charge is 0.242 e. The third kappa shape index (κ3) is 4.37. The topological polar surface area (TPSA) is 54.5 Å². The Bertz CT molecular complexity index is 772. The molecule has 2 aromatic rings. The first-order valence-corrected chi connectivity index (χ1v) is 9.91. The highest BCUT2D eigenvalue weighted by Gasteiger charge is 2.29. The molecule has 4 rings (SSSR count). The Hall–Kier alpha value is -2.24. The van der Waals surface area contributed by atoms with Gasteiger partial charge in [0.15, 0.2) is 0 Å². The number of hydrogen-bond donors (Lipinski definition) is 1. The van der Waals surface area contributed by atoms with E-state index in [0.29, 0.717) is 19.8 Å². The number of hydrogen-bond acceptors (Lipinski definition) is 4. The van der Waals surface area contributed by atoms with Crippen LogP contribution >= 0.6 is 0 Å². The molecule has 0 saturated carbocycles. The van der Waals surface area contributed by atoms with E-state index in [0.717, 1.165) is 25.1 Å². The van der Waals surface area contributed by atoms with Gasteiger partial charge in [-0.05, 0) is 54.0 Å². The van der Waals surface area contributed by atoms with Crippen molar-refractivity contribution in [3.05, 3.63) is 65.0 Å². The van der Waals surface area contributed by atoms with Crippen molar-refractivity contribution in [3.8, 4) is 0 Å². The summed E-state index contributed by atoms with van der Waals surface area (Å²) in [5.74, 6) is 0.0302. The third-order valence-corrected chi connectivity index (χ3v) is 5.54. The van der Waals surface area contributed by atoms with E-state index in [1.807, 2.05) is 12.1 Å². The number of carbonyl (C=O) groups excluding carboxylic acids is 1. The maximum Gasteiger partial charge on any atom is 0.242 e. The lowest BCUT2D eigenvalue weighted by molar-refractivity contribution is -0.128. The first-order chi connectivity index (χ1) is 13.3. The van der Waals surface area contributed by atoms with E-state index in [4.69, 9.17) is 4.74 Å².